The number of anilines is 1. The summed E-state index contributed by atoms with van der Waals surface area (Å²) in [6, 6.07) is 14.0. The third-order valence-electron chi connectivity index (χ3n) is 6.21. The van der Waals surface area contributed by atoms with Gasteiger partial charge >= 0.3 is 0 Å². The van der Waals surface area contributed by atoms with E-state index in [4.69, 9.17) is 23.2 Å². The van der Waals surface area contributed by atoms with Crippen LogP contribution in [0.15, 0.2) is 47.5 Å². The van der Waals surface area contributed by atoms with Crippen molar-refractivity contribution in [2.75, 3.05) is 18.0 Å². The van der Waals surface area contributed by atoms with Gasteiger partial charge in [-0.1, -0.05) is 54.6 Å². The first kappa shape index (κ1) is 18.8. The summed E-state index contributed by atoms with van der Waals surface area (Å²) in [6.07, 6.45) is 11.8. The third kappa shape index (κ3) is 4.67. The van der Waals surface area contributed by atoms with Crippen molar-refractivity contribution in [3.8, 4) is 0 Å². The van der Waals surface area contributed by atoms with Crippen LogP contribution in [0.5, 0.6) is 0 Å². The van der Waals surface area contributed by atoms with E-state index < -0.39 is 0 Å². The molecule has 4 rings (SSSR count). The molecular weight excluding hydrogens is 375 g/mol. The minimum atomic E-state index is 0.603. The number of hydrogen-bond donors (Lipinski definition) is 0. The average molecular weight is 401 g/mol. The summed E-state index contributed by atoms with van der Waals surface area (Å²) in [5.41, 5.74) is 3.82. The van der Waals surface area contributed by atoms with Gasteiger partial charge in [0.2, 0.25) is 0 Å². The van der Waals surface area contributed by atoms with Crippen molar-refractivity contribution in [2.45, 2.75) is 44.9 Å². The predicted molar refractivity (Wildman–Crippen MR) is 117 cm³/mol. The maximum absolute atomic E-state index is 6.03. The van der Waals surface area contributed by atoms with E-state index >= 15 is 0 Å². The monoisotopic (exact) mass is 400 g/mol. The molecule has 0 bridgehead atoms. The largest absolute Gasteiger partial charge is 0.371 e. The summed E-state index contributed by atoms with van der Waals surface area (Å²) in [7, 11) is 0. The normalized spacial score (nSPS) is 19.7. The molecular formula is C23H26Cl2N2. The Morgan fingerprint density at radius 2 is 1.44 bits per heavy atom. The van der Waals surface area contributed by atoms with Crippen LogP contribution in [-0.2, 0) is 0 Å². The molecule has 2 fully saturated rings. The molecule has 1 aliphatic carbocycles. The zero-order chi connectivity index (χ0) is 18.7. The van der Waals surface area contributed by atoms with Crippen LogP contribution in [0.4, 0.5) is 11.4 Å². The molecule has 142 valence electrons. The van der Waals surface area contributed by atoms with E-state index in [0.29, 0.717) is 15.5 Å². The summed E-state index contributed by atoms with van der Waals surface area (Å²) in [4.78, 5) is 7.03. The van der Waals surface area contributed by atoms with Crippen molar-refractivity contribution >= 4 is 40.8 Å². The fourth-order valence-electron chi connectivity index (χ4n) is 4.58. The molecule has 4 heteroatoms. The Morgan fingerprint density at radius 3 is 2.07 bits per heavy atom. The summed E-state index contributed by atoms with van der Waals surface area (Å²) < 4.78 is 0. The van der Waals surface area contributed by atoms with Crippen LogP contribution in [0, 0.1) is 5.41 Å². The van der Waals surface area contributed by atoms with Gasteiger partial charge in [0.05, 0.1) is 5.69 Å². The van der Waals surface area contributed by atoms with Crippen LogP contribution in [0.2, 0.25) is 10.0 Å². The van der Waals surface area contributed by atoms with Crippen molar-refractivity contribution in [2.24, 2.45) is 10.4 Å². The number of rotatable bonds is 3. The maximum Gasteiger partial charge on any atom is 0.0659 e. The molecule has 0 radical (unpaired) electrons. The number of benzene rings is 2. The fourth-order valence-corrected chi connectivity index (χ4v) is 5.09. The number of aliphatic imine (C=N–C) groups is 1. The minimum absolute atomic E-state index is 0.603. The second-order valence-electron chi connectivity index (χ2n) is 8.03. The second-order valence-corrected chi connectivity index (χ2v) is 8.90. The van der Waals surface area contributed by atoms with Crippen molar-refractivity contribution in [1.82, 2.24) is 0 Å². The van der Waals surface area contributed by atoms with Crippen molar-refractivity contribution in [3.05, 3.63) is 58.1 Å². The second kappa shape index (κ2) is 8.24. The van der Waals surface area contributed by atoms with E-state index in [-0.39, 0.29) is 0 Å². The highest BCUT2D eigenvalue weighted by Crippen LogP contribution is 2.45. The first-order chi connectivity index (χ1) is 13.1. The lowest BCUT2D eigenvalue weighted by atomic mass is 9.68. The van der Waals surface area contributed by atoms with E-state index in [9.17, 15) is 0 Å². The molecule has 0 N–H and O–H groups in total. The van der Waals surface area contributed by atoms with Gasteiger partial charge in [0.15, 0.2) is 0 Å². The molecule has 1 saturated carbocycles. The first-order valence-corrected chi connectivity index (χ1v) is 10.7. The summed E-state index contributed by atoms with van der Waals surface area (Å²) >= 11 is 12.1. The van der Waals surface area contributed by atoms with Gasteiger partial charge in [-0.25, -0.2) is 0 Å². The highest BCUT2D eigenvalue weighted by atomic mass is 35.5. The topological polar surface area (TPSA) is 15.6 Å². The molecule has 2 nitrogen and oxygen atoms in total. The van der Waals surface area contributed by atoms with Crippen LogP contribution < -0.4 is 4.90 Å². The SMILES string of the molecule is Clc1cc(Cl)cc(N=Cc2ccc(N3CCC4(CCCCC4)CC3)cc2)c1. The minimum Gasteiger partial charge on any atom is -0.371 e. The molecule has 0 unspecified atom stereocenters. The van der Waals surface area contributed by atoms with Crippen LogP contribution in [-0.4, -0.2) is 19.3 Å². The summed E-state index contributed by atoms with van der Waals surface area (Å²) in [5, 5.41) is 1.21. The Morgan fingerprint density at radius 1 is 0.815 bits per heavy atom. The number of halogens is 2. The number of piperidine rings is 1. The van der Waals surface area contributed by atoms with Gasteiger partial charge in [-0.15, -0.1) is 0 Å². The highest BCUT2D eigenvalue weighted by Gasteiger charge is 2.35. The van der Waals surface area contributed by atoms with Crippen molar-refractivity contribution < 1.29 is 0 Å². The highest BCUT2D eigenvalue weighted by molar-refractivity contribution is 6.35. The van der Waals surface area contributed by atoms with Crippen LogP contribution >= 0.6 is 23.2 Å². The Kier molecular flexibility index (Phi) is 5.75. The average Bonchev–Trinajstić information content (AvgIpc) is 2.67. The predicted octanol–water partition coefficient (Wildman–Crippen LogP) is 7.29. The van der Waals surface area contributed by atoms with Gasteiger partial charge in [0, 0.05) is 35.0 Å². The lowest BCUT2D eigenvalue weighted by Crippen LogP contribution is -2.41. The number of hydrogen-bond acceptors (Lipinski definition) is 2. The molecule has 2 aliphatic rings. The molecule has 2 aromatic rings. The molecule has 1 heterocycles. The zero-order valence-corrected chi connectivity index (χ0v) is 17.1. The molecule has 1 spiro atoms. The van der Waals surface area contributed by atoms with Crippen LogP contribution in [0.3, 0.4) is 0 Å². The molecule has 0 amide bonds. The van der Waals surface area contributed by atoms with E-state index in [1.807, 2.05) is 18.3 Å². The zero-order valence-electron chi connectivity index (χ0n) is 15.6. The van der Waals surface area contributed by atoms with Crippen molar-refractivity contribution in [3.63, 3.8) is 0 Å². The van der Waals surface area contributed by atoms with E-state index in [0.717, 1.165) is 11.3 Å². The van der Waals surface area contributed by atoms with E-state index in [1.165, 1.54) is 63.7 Å². The Hall–Kier alpha value is -1.51. The lowest BCUT2D eigenvalue weighted by Gasteiger charge is -2.45. The Balaban J connectivity index is 1.38. The van der Waals surface area contributed by atoms with E-state index in [1.54, 1.807) is 6.07 Å². The smallest absolute Gasteiger partial charge is 0.0659 e. The fraction of sp³-hybridized carbons (Fsp3) is 0.435. The van der Waals surface area contributed by atoms with Gasteiger partial charge in [0.1, 0.15) is 0 Å². The molecule has 1 saturated heterocycles. The third-order valence-corrected chi connectivity index (χ3v) is 6.64. The standard InChI is InChI=1S/C23H26Cl2N2/c24-19-14-20(25)16-21(15-19)26-17-18-4-6-22(7-5-18)27-12-10-23(11-13-27)8-2-1-3-9-23/h4-7,14-17H,1-3,8-13H2. The Bertz CT molecular complexity index is 777. The molecule has 1 aliphatic heterocycles. The molecule has 27 heavy (non-hydrogen) atoms. The van der Waals surface area contributed by atoms with Crippen molar-refractivity contribution in [1.29, 1.82) is 0 Å². The van der Waals surface area contributed by atoms with Gasteiger partial charge < -0.3 is 4.90 Å². The van der Waals surface area contributed by atoms with Gasteiger partial charge in [-0.05, 0) is 67.0 Å². The summed E-state index contributed by atoms with van der Waals surface area (Å²) in [6.45, 7) is 2.38. The summed E-state index contributed by atoms with van der Waals surface area (Å²) in [5.74, 6) is 0. The molecule has 0 aromatic heterocycles. The van der Waals surface area contributed by atoms with Crippen LogP contribution in [0.25, 0.3) is 0 Å². The van der Waals surface area contributed by atoms with Gasteiger partial charge in [0.25, 0.3) is 0 Å². The van der Waals surface area contributed by atoms with Gasteiger partial charge in [-0.2, -0.15) is 0 Å². The van der Waals surface area contributed by atoms with Crippen LogP contribution in [0.1, 0.15) is 50.5 Å². The van der Waals surface area contributed by atoms with E-state index in [2.05, 4.69) is 34.2 Å². The first-order valence-electron chi connectivity index (χ1n) is 9.97. The lowest BCUT2D eigenvalue weighted by molar-refractivity contribution is 0.144. The number of nitrogens with zero attached hydrogens (tertiary/aromatic N) is 2. The molecule has 0 atom stereocenters. The quantitative estimate of drug-likeness (QED) is 0.493. The maximum atomic E-state index is 6.03. The Labute approximate surface area is 172 Å². The molecule has 2 aromatic carbocycles. The van der Waals surface area contributed by atoms with Gasteiger partial charge in [-0.3, -0.25) is 4.99 Å².